The van der Waals surface area contributed by atoms with Gasteiger partial charge in [-0.15, -0.1) is 0 Å². The number of aliphatic hydroxyl groups is 1. The van der Waals surface area contributed by atoms with Crippen LogP contribution in [0.25, 0.3) is 0 Å². The summed E-state index contributed by atoms with van der Waals surface area (Å²) in [6.07, 6.45) is 3.57. The lowest BCUT2D eigenvalue weighted by atomic mass is 10.2. The summed E-state index contributed by atoms with van der Waals surface area (Å²) in [5.41, 5.74) is 2.02. The number of hydrogen-bond donors (Lipinski definition) is 2. The van der Waals surface area contributed by atoms with Gasteiger partial charge in [0.25, 0.3) is 0 Å². The van der Waals surface area contributed by atoms with Crippen LogP contribution in [0.4, 0.5) is 5.69 Å². The van der Waals surface area contributed by atoms with Gasteiger partial charge >= 0.3 is 0 Å². The summed E-state index contributed by atoms with van der Waals surface area (Å²) in [6.45, 7) is 0.887. The van der Waals surface area contributed by atoms with Gasteiger partial charge in [0.05, 0.1) is 13.7 Å². The number of nitrogens with one attached hydrogen (secondary N) is 1. The first-order chi connectivity index (χ1) is 9.83. The number of rotatable bonds is 7. The number of ether oxygens (including phenoxy) is 2. The molecule has 2 aromatic rings. The maximum atomic E-state index is 8.82. The molecule has 20 heavy (non-hydrogen) atoms. The highest BCUT2D eigenvalue weighted by molar-refractivity contribution is 5.54. The van der Waals surface area contributed by atoms with Gasteiger partial charge in [0.15, 0.2) is 11.5 Å². The van der Waals surface area contributed by atoms with Gasteiger partial charge < -0.3 is 19.9 Å². The first-order valence-corrected chi connectivity index (χ1v) is 6.38. The molecule has 0 aliphatic rings. The third-order valence-corrected chi connectivity index (χ3v) is 2.73. The molecule has 0 atom stereocenters. The standard InChI is InChI=1S/C15H18N2O3/c1-19-14-5-4-13(9-15(14)20-8-7-18)17-11-12-3-2-6-16-10-12/h2-6,9-10,17-18H,7-8,11H2,1H3. The monoisotopic (exact) mass is 274 g/mol. The predicted molar refractivity (Wildman–Crippen MR) is 77.1 cm³/mol. The molecule has 0 saturated heterocycles. The topological polar surface area (TPSA) is 63.6 Å². The second kappa shape index (κ2) is 7.35. The minimum Gasteiger partial charge on any atom is -0.493 e. The summed E-state index contributed by atoms with van der Waals surface area (Å²) >= 11 is 0. The SMILES string of the molecule is COc1ccc(NCc2cccnc2)cc1OCCO. The third-order valence-electron chi connectivity index (χ3n) is 2.73. The normalized spacial score (nSPS) is 10.1. The summed E-state index contributed by atoms with van der Waals surface area (Å²) in [5.74, 6) is 1.25. The third kappa shape index (κ3) is 3.86. The van der Waals surface area contributed by atoms with Crippen LogP contribution in [-0.4, -0.2) is 30.4 Å². The molecule has 0 amide bonds. The number of nitrogens with zero attached hydrogens (tertiary/aromatic N) is 1. The fourth-order valence-corrected chi connectivity index (χ4v) is 1.76. The molecule has 1 aromatic carbocycles. The number of aliphatic hydroxyl groups excluding tert-OH is 1. The predicted octanol–water partition coefficient (Wildman–Crippen LogP) is 2.07. The van der Waals surface area contributed by atoms with Crippen LogP contribution in [0.15, 0.2) is 42.7 Å². The van der Waals surface area contributed by atoms with Gasteiger partial charge in [-0.25, -0.2) is 0 Å². The molecule has 5 heteroatoms. The molecular weight excluding hydrogens is 256 g/mol. The Balaban J connectivity index is 2.04. The second-order valence-corrected chi connectivity index (χ2v) is 4.15. The Kier molecular flexibility index (Phi) is 5.20. The van der Waals surface area contributed by atoms with Gasteiger partial charge in [0.1, 0.15) is 6.61 Å². The molecule has 0 saturated carbocycles. The molecule has 0 spiro atoms. The molecule has 1 heterocycles. The lowest BCUT2D eigenvalue weighted by Crippen LogP contribution is -2.04. The van der Waals surface area contributed by atoms with Crippen LogP contribution in [0.5, 0.6) is 11.5 Å². The fraction of sp³-hybridized carbons (Fsp3) is 0.267. The number of anilines is 1. The Morgan fingerprint density at radius 1 is 1.25 bits per heavy atom. The maximum Gasteiger partial charge on any atom is 0.163 e. The molecule has 1 aromatic heterocycles. The molecule has 0 aliphatic carbocycles. The maximum absolute atomic E-state index is 8.82. The summed E-state index contributed by atoms with van der Waals surface area (Å²) in [4.78, 5) is 4.07. The van der Waals surface area contributed by atoms with E-state index >= 15 is 0 Å². The van der Waals surface area contributed by atoms with Crippen molar-refractivity contribution in [1.29, 1.82) is 0 Å². The Morgan fingerprint density at radius 3 is 2.85 bits per heavy atom. The Morgan fingerprint density at radius 2 is 2.15 bits per heavy atom. The van der Waals surface area contributed by atoms with Gasteiger partial charge in [0.2, 0.25) is 0 Å². The molecule has 0 aliphatic heterocycles. The van der Waals surface area contributed by atoms with E-state index in [1.54, 1.807) is 13.3 Å². The van der Waals surface area contributed by atoms with E-state index in [0.717, 1.165) is 11.3 Å². The molecule has 0 fully saturated rings. The summed E-state index contributed by atoms with van der Waals surface area (Å²) in [7, 11) is 1.59. The highest BCUT2D eigenvalue weighted by Crippen LogP contribution is 2.30. The van der Waals surface area contributed by atoms with E-state index in [2.05, 4.69) is 10.3 Å². The van der Waals surface area contributed by atoms with E-state index in [9.17, 15) is 0 Å². The Hall–Kier alpha value is -2.27. The number of hydrogen-bond acceptors (Lipinski definition) is 5. The average Bonchev–Trinajstić information content (AvgIpc) is 2.52. The van der Waals surface area contributed by atoms with Crippen molar-refractivity contribution < 1.29 is 14.6 Å². The van der Waals surface area contributed by atoms with Gasteiger partial charge in [-0.05, 0) is 23.8 Å². The summed E-state index contributed by atoms with van der Waals surface area (Å²) < 4.78 is 10.7. The van der Waals surface area contributed by atoms with E-state index in [1.807, 2.05) is 36.5 Å². The van der Waals surface area contributed by atoms with Crippen LogP contribution in [0.1, 0.15) is 5.56 Å². The quantitative estimate of drug-likeness (QED) is 0.809. The molecule has 0 bridgehead atoms. The van der Waals surface area contributed by atoms with Crippen molar-refractivity contribution in [3.05, 3.63) is 48.3 Å². The van der Waals surface area contributed by atoms with Crippen LogP contribution in [0.3, 0.4) is 0 Å². The Bertz CT molecular complexity index is 532. The number of benzene rings is 1. The number of pyridine rings is 1. The largest absolute Gasteiger partial charge is 0.493 e. The van der Waals surface area contributed by atoms with Crippen LogP contribution < -0.4 is 14.8 Å². The number of aromatic nitrogens is 1. The van der Waals surface area contributed by atoms with Gasteiger partial charge in [-0.1, -0.05) is 6.07 Å². The molecule has 0 unspecified atom stereocenters. The molecular formula is C15H18N2O3. The average molecular weight is 274 g/mol. The van der Waals surface area contributed by atoms with Crippen LogP contribution in [0.2, 0.25) is 0 Å². The van der Waals surface area contributed by atoms with Crippen LogP contribution in [0, 0.1) is 0 Å². The van der Waals surface area contributed by atoms with Gasteiger partial charge in [-0.3, -0.25) is 4.98 Å². The zero-order valence-electron chi connectivity index (χ0n) is 11.4. The lowest BCUT2D eigenvalue weighted by molar-refractivity contribution is 0.196. The zero-order chi connectivity index (χ0) is 14.2. The smallest absolute Gasteiger partial charge is 0.163 e. The van der Waals surface area contributed by atoms with Crippen LogP contribution in [-0.2, 0) is 6.54 Å². The van der Waals surface area contributed by atoms with Gasteiger partial charge in [0, 0.05) is 30.7 Å². The van der Waals surface area contributed by atoms with E-state index < -0.39 is 0 Å². The van der Waals surface area contributed by atoms with Crippen LogP contribution >= 0.6 is 0 Å². The van der Waals surface area contributed by atoms with Crippen molar-refractivity contribution in [3.8, 4) is 11.5 Å². The molecule has 0 radical (unpaired) electrons. The minimum atomic E-state index is -0.0313. The van der Waals surface area contributed by atoms with Crippen molar-refractivity contribution in [1.82, 2.24) is 4.98 Å². The first kappa shape index (κ1) is 14.1. The highest BCUT2D eigenvalue weighted by Gasteiger charge is 2.05. The van der Waals surface area contributed by atoms with E-state index in [0.29, 0.717) is 18.0 Å². The summed E-state index contributed by atoms with van der Waals surface area (Å²) in [5, 5.41) is 12.1. The van der Waals surface area contributed by atoms with E-state index in [4.69, 9.17) is 14.6 Å². The summed E-state index contributed by atoms with van der Waals surface area (Å²) in [6, 6.07) is 9.51. The van der Waals surface area contributed by atoms with Gasteiger partial charge in [-0.2, -0.15) is 0 Å². The second-order valence-electron chi connectivity index (χ2n) is 4.15. The van der Waals surface area contributed by atoms with Crippen molar-refractivity contribution >= 4 is 5.69 Å². The molecule has 2 rings (SSSR count). The first-order valence-electron chi connectivity index (χ1n) is 6.38. The van der Waals surface area contributed by atoms with Crippen molar-refractivity contribution in [2.75, 3.05) is 25.6 Å². The highest BCUT2D eigenvalue weighted by atomic mass is 16.5. The lowest BCUT2D eigenvalue weighted by Gasteiger charge is -2.12. The van der Waals surface area contributed by atoms with Crippen molar-refractivity contribution in [3.63, 3.8) is 0 Å². The van der Waals surface area contributed by atoms with Crippen molar-refractivity contribution in [2.45, 2.75) is 6.54 Å². The Labute approximate surface area is 118 Å². The fourth-order valence-electron chi connectivity index (χ4n) is 1.76. The zero-order valence-corrected chi connectivity index (χ0v) is 11.4. The molecule has 106 valence electrons. The minimum absolute atomic E-state index is 0.0313. The van der Waals surface area contributed by atoms with E-state index in [1.165, 1.54) is 0 Å². The molecule has 5 nitrogen and oxygen atoms in total. The van der Waals surface area contributed by atoms with Crippen molar-refractivity contribution in [2.24, 2.45) is 0 Å². The molecule has 2 N–H and O–H groups in total. The number of methoxy groups -OCH3 is 1. The van der Waals surface area contributed by atoms with E-state index in [-0.39, 0.29) is 13.2 Å².